The van der Waals surface area contributed by atoms with Gasteiger partial charge in [-0.1, -0.05) is 6.07 Å². The number of halogens is 2. The predicted octanol–water partition coefficient (Wildman–Crippen LogP) is 2.69. The minimum atomic E-state index is -3.41. The molecule has 2 rings (SSSR count). The molecule has 0 heterocycles. The molecule has 0 aromatic heterocycles. The van der Waals surface area contributed by atoms with Gasteiger partial charge < -0.3 is 10.1 Å². The summed E-state index contributed by atoms with van der Waals surface area (Å²) in [5, 5.41) is 2.50. The number of amides is 1. The summed E-state index contributed by atoms with van der Waals surface area (Å²) in [5.41, 5.74) is 0.967. The number of ether oxygens (including phenoxy) is 1. The van der Waals surface area contributed by atoms with E-state index >= 15 is 0 Å². The molecule has 2 aromatic carbocycles. The zero-order valence-corrected chi connectivity index (χ0v) is 13.8. The molecular formula is C16H15F2NO4S. The van der Waals surface area contributed by atoms with Crippen molar-refractivity contribution < 1.29 is 26.7 Å². The number of hydrogen-bond acceptors (Lipinski definition) is 4. The van der Waals surface area contributed by atoms with E-state index in [2.05, 4.69) is 5.32 Å². The van der Waals surface area contributed by atoms with Crippen LogP contribution in [0.15, 0.2) is 41.3 Å². The molecule has 1 amide bonds. The van der Waals surface area contributed by atoms with Crippen molar-refractivity contribution in [3.05, 3.63) is 53.6 Å². The third kappa shape index (κ3) is 4.51. The maximum Gasteiger partial charge on any atom is 0.262 e. The van der Waals surface area contributed by atoms with Crippen molar-refractivity contribution in [3.8, 4) is 5.75 Å². The van der Waals surface area contributed by atoms with Gasteiger partial charge in [0.25, 0.3) is 5.91 Å². The van der Waals surface area contributed by atoms with Gasteiger partial charge in [0.1, 0.15) is 5.82 Å². The van der Waals surface area contributed by atoms with E-state index in [0.717, 1.165) is 18.4 Å². The minimum absolute atomic E-state index is 0.0638. The van der Waals surface area contributed by atoms with Gasteiger partial charge in [0.15, 0.2) is 28.0 Å². The first-order valence-electron chi connectivity index (χ1n) is 6.85. The van der Waals surface area contributed by atoms with Crippen molar-refractivity contribution in [3.63, 3.8) is 0 Å². The van der Waals surface area contributed by atoms with Gasteiger partial charge in [-0.25, -0.2) is 17.2 Å². The SMILES string of the molecule is Cc1ccc(S(C)(=O)=O)cc1NC(=O)COc1ccc(F)cc1F. The van der Waals surface area contributed by atoms with Crippen LogP contribution in [0.25, 0.3) is 0 Å². The Labute approximate surface area is 138 Å². The van der Waals surface area contributed by atoms with Gasteiger partial charge in [-0.15, -0.1) is 0 Å². The van der Waals surface area contributed by atoms with Gasteiger partial charge in [0.2, 0.25) is 0 Å². The molecule has 128 valence electrons. The van der Waals surface area contributed by atoms with Gasteiger partial charge >= 0.3 is 0 Å². The number of hydrogen-bond donors (Lipinski definition) is 1. The van der Waals surface area contributed by atoms with E-state index in [1.165, 1.54) is 12.1 Å². The van der Waals surface area contributed by atoms with E-state index in [-0.39, 0.29) is 10.6 Å². The van der Waals surface area contributed by atoms with Crippen LogP contribution in [0, 0.1) is 18.6 Å². The molecule has 2 aromatic rings. The molecule has 0 saturated heterocycles. The van der Waals surface area contributed by atoms with E-state index in [4.69, 9.17) is 4.74 Å². The number of nitrogens with one attached hydrogen (secondary N) is 1. The lowest BCUT2D eigenvalue weighted by atomic mass is 10.2. The Bertz CT molecular complexity index is 882. The number of carbonyl (C=O) groups excluding carboxylic acids is 1. The maximum atomic E-state index is 13.4. The van der Waals surface area contributed by atoms with Gasteiger partial charge in [-0.05, 0) is 36.8 Å². The first kappa shape index (κ1) is 17.9. The summed E-state index contributed by atoms with van der Waals surface area (Å²) in [7, 11) is -3.41. The maximum absolute atomic E-state index is 13.4. The monoisotopic (exact) mass is 355 g/mol. The van der Waals surface area contributed by atoms with Gasteiger partial charge in [0.05, 0.1) is 4.90 Å². The normalized spacial score (nSPS) is 11.2. The predicted molar refractivity (Wildman–Crippen MR) is 84.8 cm³/mol. The van der Waals surface area contributed by atoms with Crippen LogP contribution in [0.5, 0.6) is 5.75 Å². The number of sulfone groups is 1. The summed E-state index contributed by atoms with van der Waals surface area (Å²) in [6.45, 7) is 1.19. The van der Waals surface area contributed by atoms with Crippen molar-refractivity contribution in [1.29, 1.82) is 0 Å². The van der Waals surface area contributed by atoms with Crippen LogP contribution in [0.3, 0.4) is 0 Å². The van der Waals surface area contributed by atoms with Crippen molar-refractivity contribution in [2.75, 3.05) is 18.2 Å². The second-order valence-corrected chi connectivity index (χ2v) is 7.18. The van der Waals surface area contributed by atoms with Crippen LogP contribution in [0.4, 0.5) is 14.5 Å². The highest BCUT2D eigenvalue weighted by atomic mass is 32.2. The summed E-state index contributed by atoms with van der Waals surface area (Å²) in [4.78, 5) is 12.0. The Kier molecular flexibility index (Phi) is 5.18. The average molecular weight is 355 g/mol. The van der Waals surface area contributed by atoms with E-state index in [1.54, 1.807) is 13.0 Å². The van der Waals surface area contributed by atoms with E-state index in [9.17, 15) is 22.0 Å². The largest absolute Gasteiger partial charge is 0.481 e. The average Bonchev–Trinajstić information content (AvgIpc) is 2.47. The number of rotatable bonds is 5. The van der Waals surface area contributed by atoms with Crippen molar-refractivity contribution in [2.24, 2.45) is 0 Å². The fourth-order valence-electron chi connectivity index (χ4n) is 1.89. The molecule has 0 spiro atoms. The molecule has 0 saturated carbocycles. The minimum Gasteiger partial charge on any atom is -0.481 e. The Morgan fingerprint density at radius 2 is 1.88 bits per heavy atom. The second-order valence-electron chi connectivity index (χ2n) is 5.16. The van der Waals surface area contributed by atoms with E-state index in [1.807, 2.05) is 0 Å². The fraction of sp³-hybridized carbons (Fsp3) is 0.188. The number of anilines is 1. The highest BCUT2D eigenvalue weighted by Gasteiger charge is 2.12. The molecule has 0 aliphatic carbocycles. The van der Waals surface area contributed by atoms with E-state index < -0.39 is 34.0 Å². The first-order chi connectivity index (χ1) is 11.2. The number of carbonyl (C=O) groups is 1. The second kappa shape index (κ2) is 6.96. The Hall–Kier alpha value is -2.48. The zero-order chi connectivity index (χ0) is 17.9. The van der Waals surface area contributed by atoms with Gasteiger partial charge in [-0.3, -0.25) is 4.79 Å². The van der Waals surface area contributed by atoms with Crippen LogP contribution < -0.4 is 10.1 Å². The van der Waals surface area contributed by atoms with Crippen LogP contribution in [0.2, 0.25) is 0 Å². The highest BCUT2D eigenvalue weighted by Crippen LogP contribution is 2.21. The number of benzene rings is 2. The lowest BCUT2D eigenvalue weighted by Gasteiger charge is -2.11. The Morgan fingerprint density at radius 3 is 2.50 bits per heavy atom. The fourth-order valence-corrected chi connectivity index (χ4v) is 2.54. The summed E-state index contributed by atoms with van der Waals surface area (Å²) >= 11 is 0. The zero-order valence-electron chi connectivity index (χ0n) is 13.0. The molecule has 5 nitrogen and oxygen atoms in total. The van der Waals surface area contributed by atoms with Crippen molar-refractivity contribution in [1.82, 2.24) is 0 Å². The van der Waals surface area contributed by atoms with Crippen LogP contribution in [-0.2, 0) is 14.6 Å². The molecule has 0 bridgehead atoms. The van der Waals surface area contributed by atoms with Crippen LogP contribution >= 0.6 is 0 Å². The molecule has 0 atom stereocenters. The third-order valence-corrected chi connectivity index (χ3v) is 4.27. The van der Waals surface area contributed by atoms with E-state index in [0.29, 0.717) is 17.3 Å². The molecule has 0 radical (unpaired) electrons. The van der Waals surface area contributed by atoms with Crippen LogP contribution in [-0.4, -0.2) is 27.2 Å². The summed E-state index contributed by atoms with van der Waals surface area (Å²) in [5.74, 6) is -2.53. The summed E-state index contributed by atoms with van der Waals surface area (Å²) < 4.78 is 54.3. The van der Waals surface area contributed by atoms with Gasteiger partial charge in [0, 0.05) is 18.0 Å². The lowest BCUT2D eigenvalue weighted by molar-refractivity contribution is -0.118. The topological polar surface area (TPSA) is 72.5 Å². The first-order valence-corrected chi connectivity index (χ1v) is 8.74. The number of aryl methyl sites for hydroxylation is 1. The Morgan fingerprint density at radius 1 is 1.17 bits per heavy atom. The molecule has 0 unspecified atom stereocenters. The third-order valence-electron chi connectivity index (χ3n) is 3.16. The van der Waals surface area contributed by atoms with Crippen molar-refractivity contribution in [2.45, 2.75) is 11.8 Å². The van der Waals surface area contributed by atoms with Gasteiger partial charge in [-0.2, -0.15) is 0 Å². The molecule has 0 aliphatic rings. The summed E-state index contributed by atoms with van der Waals surface area (Å²) in [6.07, 6.45) is 1.06. The molecule has 1 N–H and O–H groups in total. The lowest BCUT2D eigenvalue weighted by Crippen LogP contribution is -2.21. The molecule has 8 heteroatoms. The summed E-state index contributed by atoms with van der Waals surface area (Å²) in [6, 6.07) is 7.06. The smallest absolute Gasteiger partial charge is 0.262 e. The molecule has 24 heavy (non-hydrogen) atoms. The highest BCUT2D eigenvalue weighted by molar-refractivity contribution is 7.90. The van der Waals surface area contributed by atoms with Crippen LogP contribution in [0.1, 0.15) is 5.56 Å². The Balaban J connectivity index is 2.07. The molecule has 0 aliphatic heterocycles. The molecule has 0 fully saturated rings. The molecular weight excluding hydrogens is 340 g/mol. The standard InChI is InChI=1S/C16H15F2NO4S/c1-10-3-5-12(24(2,21)22)8-14(10)19-16(20)9-23-15-6-4-11(17)7-13(15)18/h3-8H,9H2,1-2H3,(H,19,20). The quantitative estimate of drug-likeness (QED) is 0.895. The van der Waals surface area contributed by atoms with Crippen molar-refractivity contribution >= 4 is 21.4 Å².